The fourth-order valence-electron chi connectivity index (χ4n) is 7.50. The molecular weight excluding hydrogens is 836 g/mol. The normalized spacial score (nSPS) is 41.5. The zero-order chi connectivity index (χ0) is 45.1. The second kappa shape index (κ2) is 18.3. The van der Waals surface area contributed by atoms with E-state index < -0.39 is 158 Å². The quantitative estimate of drug-likeness (QED) is 0.0921. The predicted octanol–water partition coefficient (Wildman–Crippen LogP) is -4.04. The Balaban J connectivity index is 1.27. The molecule has 0 unspecified atom stereocenters. The highest BCUT2D eigenvalue weighted by molar-refractivity contribution is 5.88. The Hall–Kier alpha value is -3.83. The summed E-state index contributed by atoms with van der Waals surface area (Å²) in [4.78, 5) is 14.5. The molecule has 23 heteroatoms. The molecule has 3 aromatic rings. The van der Waals surface area contributed by atoms with E-state index in [0.717, 1.165) is 12.1 Å². The highest BCUT2D eigenvalue weighted by Crippen LogP contribution is 2.39. The average Bonchev–Trinajstić information content (AvgIpc) is 3.24. The van der Waals surface area contributed by atoms with Gasteiger partial charge in [-0.1, -0.05) is 0 Å². The van der Waals surface area contributed by atoms with Crippen LogP contribution >= 0.6 is 0 Å². The van der Waals surface area contributed by atoms with Crippen molar-refractivity contribution in [3.8, 4) is 34.3 Å². The van der Waals surface area contributed by atoms with Crippen molar-refractivity contribution in [3.05, 3.63) is 46.6 Å². The van der Waals surface area contributed by atoms with E-state index in [2.05, 4.69) is 0 Å². The van der Waals surface area contributed by atoms with E-state index in [1.165, 1.54) is 45.0 Å². The molecule has 2 aromatic carbocycles. The molecule has 4 fully saturated rings. The maximum Gasteiger partial charge on any atom is 0.239 e. The Morgan fingerprint density at radius 3 is 1.69 bits per heavy atom. The van der Waals surface area contributed by atoms with Gasteiger partial charge < -0.3 is 109 Å². The number of hydrogen-bond acceptors (Lipinski definition) is 23. The molecule has 4 aliphatic rings. The van der Waals surface area contributed by atoms with Crippen LogP contribution in [0.2, 0.25) is 0 Å². The predicted molar refractivity (Wildman–Crippen MR) is 201 cm³/mol. The summed E-state index contributed by atoms with van der Waals surface area (Å²) in [5.41, 5.74) is -1.36. The van der Waals surface area contributed by atoms with E-state index in [0.29, 0.717) is 0 Å². The van der Waals surface area contributed by atoms with Crippen molar-refractivity contribution in [2.24, 2.45) is 0 Å². The van der Waals surface area contributed by atoms with Crippen LogP contribution in [-0.4, -0.2) is 196 Å². The fraction of sp³-hybridized carbons (Fsp3) is 0.615. The highest BCUT2D eigenvalue weighted by atomic mass is 16.8. The molecule has 62 heavy (non-hydrogen) atoms. The smallest absolute Gasteiger partial charge is 0.239 e. The first-order valence-corrected chi connectivity index (χ1v) is 19.6. The van der Waals surface area contributed by atoms with Gasteiger partial charge in [0.2, 0.25) is 23.8 Å². The number of ether oxygens (including phenoxy) is 8. The summed E-state index contributed by atoms with van der Waals surface area (Å²) in [5.74, 6) is -2.31. The molecule has 0 saturated carbocycles. The number of hydrogen-bond donors (Lipinski definition) is 13. The van der Waals surface area contributed by atoms with Crippen LogP contribution in [0.5, 0.6) is 23.0 Å². The van der Waals surface area contributed by atoms with E-state index in [4.69, 9.17) is 42.3 Å². The third-order valence-corrected chi connectivity index (χ3v) is 11.3. The van der Waals surface area contributed by atoms with Crippen LogP contribution in [0.25, 0.3) is 22.3 Å². The Kier molecular flexibility index (Phi) is 13.7. The molecule has 0 spiro atoms. The summed E-state index contributed by atoms with van der Waals surface area (Å²) in [7, 11) is 0. The van der Waals surface area contributed by atoms with Crippen molar-refractivity contribution in [1.29, 1.82) is 0 Å². The number of aromatic hydroxyl groups is 2. The van der Waals surface area contributed by atoms with E-state index in [1.807, 2.05) is 0 Å². The van der Waals surface area contributed by atoms with E-state index in [1.54, 1.807) is 0 Å². The van der Waals surface area contributed by atoms with Crippen LogP contribution in [-0.2, 0) is 28.4 Å². The number of aliphatic hydroxyl groups excluding tert-OH is 11. The summed E-state index contributed by atoms with van der Waals surface area (Å²) in [6, 6.07) is 7.21. The van der Waals surface area contributed by atoms with Gasteiger partial charge in [-0.05, 0) is 45.0 Å². The number of phenolic OH excluding ortho intramolecular Hbond substituents is 2. The first-order valence-electron chi connectivity index (χ1n) is 19.6. The molecule has 1 aromatic heterocycles. The average molecular weight is 887 g/mol. The number of aliphatic hydroxyl groups is 11. The molecule has 7 rings (SSSR count). The lowest BCUT2D eigenvalue weighted by molar-refractivity contribution is -0.360. The fourth-order valence-corrected chi connectivity index (χ4v) is 7.50. The first kappa shape index (κ1) is 46.2. The molecule has 4 saturated heterocycles. The molecule has 0 bridgehead atoms. The number of benzene rings is 2. The molecule has 23 nitrogen and oxygen atoms in total. The van der Waals surface area contributed by atoms with Crippen LogP contribution in [0.15, 0.2) is 45.6 Å². The van der Waals surface area contributed by atoms with Gasteiger partial charge in [-0.15, -0.1) is 0 Å². The van der Waals surface area contributed by atoms with E-state index >= 15 is 0 Å². The Labute approximate surface area is 350 Å². The minimum absolute atomic E-state index is 0.0728. The van der Waals surface area contributed by atoms with Gasteiger partial charge in [0.05, 0.1) is 24.9 Å². The van der Waals surface area contributed by atoms with Crippen LogP contribution in [0, 0.1) is 0 Å². The SMILES string of the molecule is C[C@@H]1O[C@@H](OC[C@@H]2O[C@@H](Oc3c(-c4ccc(O)cc4)oc4cc(O[C@@H]5O[C@H](C)[C@H](O)[C@H](O)[C@@H]5O)cc(O)c4c3=O)[C@@H](O[C@@H]3O[C@@H](C)[C@H](O)[C@@H](O)[C@@H]3O)[C@@H](O)[C@H]2O)[C@@H](O)[C@H](O)[C@H]1O. The van der Waals surface area contributed by atoms with Crippen molar-refractivity contribution in [2.75, 3.05) is 6.61 Å². The van der Waals surface area contributed by atoms with Crippen LogP contribution < -0.4 is 14.9 Å². The van der Waals surface area contributed by atoms with Gasteiger partial charge in [0, 0.05) is 17.7 Å². The van der Waals surface area contributed by atoms with Gasteiger partial charge in [-0.2, -0.15) is 0 Å². The van der Waals surface area contributed by atoms with Crippen molar-refractivity contribution in [1.82, 2.24) is 0 Å². The molecule has 4 aliphatic heterocycles. The molecule has 5 heterocycles. The van der Waals surface area contributed by atoms with Crippen molar-refractivity contribution >= 4 is 11.0 Å². The third-order valence-electron chi connectivity index (χ3n) is 11.3. The summed E-state index contributed by atoms with van der Waals surface area (Å²) in [5, 5.41) is 137. The van der Waals surface area contributed by atoms with Crippen LogP contribution in [0.1, 0.15) is 20.8 Å². The minimum Gasteiger partial charge on any atom is -0.508 e. The highest BCUT2D eigenvalue weighted by Gasteiger charge is 2.52. The number of fused-ring (bicyclic) bond motifs is 1. The van der Waals surface area contributed by atoms with Crippen molar-refractivity contribution in [3.63, 3.8) is 0 Å². The van der Waals surface area contributed by atoms with Gasteiger partial charge >= 0.3 is 0 Å². The Morgan fingerprint density at radius 1 is 0.565 bits per heavy atom. The minimum atomic E-state index is -2.06. The summed E-state index contributed by atoms with van der Waals surface area (Å²) < 4.78 is 52.0. The van der Waals surface area contributed by atoms with Gasteiger partial charge in [-0.25, -0.2) is 0 Å². The van der Waals surface area contributed by atoms with Crippen molar-refractivity contribution < 1.29 is 109 Å². The lowest BCUT2D eigenvalue weighted by atomic mass is 9.97. The van der Waals surface area contributed by atoms with Gasteiger partial charge in [0.25, 0.3) is 0 Å². The molecule has 0 amide bonds. The zero-order valence-corrected chi connectivity index (χ0v) is 33.1. The Bertz CT molecular complexity index is 2060. The topological polar surface area (TPSA) is 367 Å². The summed E-state index contributed by atoms with van der Waals surface area (Å²) in [6.07, 6.45) is -32.8. The van der Waals surface area contributed by atoms with Crippen LogP contribution in [0.4, 0.5) is 0 Å². The molecule has 20 atom stereocenters. The largest absolute Gasteiger partial charge is 0.508 e. The lowest BCUT2D eigenvalue weighted by Crippen LogP contribution is -2.65. The number of rotatable bonds is 10. The second-order valence-electron chi connectivity index (χ2n) is 15.7. The van der Waals surface area contributed by atoms with Gasteiger partial charge in [0.1, 0.15) is 101 Å². The maximum absolute atomic E-state index is 14.5. The number of phenols is 2. The van der Waals surface area contributed by atoms with Gasteiger partial charge in [0.15, 0.2) is 24.4 Å². The zero-order valence-electron chi connectivity index (χ0n) is 33.1. The first-order chi connectivity index (χ1) is 29.3. The van der Waals surface area contributed by atoms with Crippen LogP contribution in [0.3, 0.4) is 0 Å². The molecule has 344 valence electrons. The summed E-state index contributed by atoms with van der Waals surface area (Å²) in [6.45, 7) is 3.47. The van der Waals surface area contributed by atoms with E-state index in [-0.39, 0.29) is 22.6 Å². The standard InChI is InChI=1S/C39H50O23/c1-11-21(42)26(47)30(51)36(55-11)54-10-19-24(45)29(50)35(62-38-32(53)28(49)23(44)13(3)57-38)39(60-19)61-34-25(46)20-17(41)8-16(58-37-31(52)27(48)22(43)12(2)56-37)9-18(20)59-33(34)14-4-6-15(40)7-5-14/h4-9,11-13,19,21-24,26-32,35-45,47-53H,10H2,1-3H3/t11-,12+,13-,19-,21-,22-,23-,24-,26+,27-,28+,29-,30-,31-,32-,35-,36+,37-,38-,39-/m0/s1. The summed E-state index contributed by atoms with van der Waals surface area (Å²) >= 11 is 0. The monoisotopic (exact) mass is 886 g/mol. The molecular formula is C39H50O23. The van der Waals surface area contributed by atoms with E-state index in [9.17, 15) is 71.2 Å². The Morgan fingerprint density at radius 2 is 1.10 bits per heavy atom. The molecule has 13 N–H and O–H groups in total. The maximum atomic E-state index is 14.5. The lowest BCUT2D eigenvalue weighted by Gasteiger charge is -2.46. The van der Waals surface area contributed by atoms with Gasteiger partial charge in [-0.3, -0.25) is 4.79 Å². The van der Waals surface area contributed by atoms with Crippen molar-refractivity contribution in [2.45, 2.75) is 144 Å². The third kappa shape index (κ3) is 8.83. The molecule has 0 radical (unpaired) electrons. The molecule has 0 aliphatic carbocycles. The second-order valence-corrected chi connectivity index (χ2v) is 15.7.